The minimum atomic E-state index is 0.298. The second-order valence-corrected chi connectivity index (χ2v) is 6.50. The van der Waals surface area contributed by atoms with E-state index in [-0.39, 0.29) is 0 Å². The minimum absolute atomic E-state index is 0.298. The summed E-state index contributed by atoms with van der Waals surface area (Å²) in [4.78, 5) is 4.66. The molecule has 0 spiro atoms. The first-order chi connectivity index (χ1) is 11.8. The number of guanidine groups is 1. The van der Waals surface area contributed by atoms with E-state index in [0.717, 1.165) is 36.1 Å². The average molecular weight is 345 g/mol. The molecule has 1 aliphatic rings. The Morgan fingerprint density at radius 3 is 2.92 bits per heavy atom. The number of nitrogens with zero attached hydrogens (tertiary/aromatic N) is 1. The van der Waals surface area contributed by atoms with Crippen molar-refractivity contribution in [2.24, 2.45) is 4.99 Å². The van der Waals surface area contributed by atoms with Crippen molar-refractivity contribution in [3.05, 3.63) is 46.2 Å². The molecule has 3 rings (SSSR count). The van der Waals surface area contributed by atoms with E-state index in [1.54, 1.807) is 11.3 Å². The maximum atomic E-state index is 5.41. The van der Waals surface area contributed by atoms with Crippen LogP contribution in [0.15, 0.2) is 40.0 Å². The molecule has 2 heterocycles. The quantitative estimate of drug-likeness (QED) is 0.623. The van der Waals surface area contributed by atoms with Crippen LogP contribution in [0.2, 0.25) is 0 Å². The molecule has 0 radical (unpaired) electrons. The number of aliphatic imine (C=N–C) groups is 1. The zero-order valence-electron chi connectivity index (χ0n) is 14.0. The summed E-state index contributed by atoms with van der Waals surface area (Å²) in [5.74, 6) is 2.88. The molecule has 2 N–H and O–H groups in total. The van der Waals surface area contributed by atoms with E-state index in [0.29, 0.717) is 19.3 Å². The van der Waals surface area contributed by atoms with E-state index in [4.69, 9.17) is 9.47 Å². The number of rotatable bonds is 6. The zero-order valence-corrected chi connectivity index (χ0v) is 14.9. The molecule has 0 saturated carbocycles. The Kier molecular flexibility index (Phi) is 5.59. The van der Waals surface area contributed by atoms with Crippen LogP contribution in [0.5, 0.6) is 11.5 Å². The molecule has 2 aromatic rings. The van der Waals surface area contributed by atoms with Crippen LogP contribution in [-0.4, -0.2) is 25.8 Å². The van der Waals surface area contributed by atoms with Gasteiger partial charge in [0, 0.05) is 13.1 Å². The summed E-state index contributed by atoms with van der Waals surface area (Å²) in [7, 11) is 0. The second-order valence-electron chi connectivity index (χ2n) is 5.72. The van der Waals surface area contributed by atoms with E-state index in [2.05, 4.69) is 46.3 Å². The highest BCUT2D eigenvalue weighted by Gasteiger charge is 2.13. The summed E-state index contributed by atoms with van der Waals surface area (Å²) in [5, 5.41) is 11.0. The van der Waals surface area contributed by atoms with E-state index >= 15 is 0 Å². The van der Waals surface area contributed by atoms with Crippen LogP contribution in [0, 0.1) is 0 Å². The van der Waals surface area contributed by atoms with Gasteiger partial charge in [-0.2, -0.15) is 11.3 Å². The number of hydrogen-bond donors (Lipinski definition) is 2. The first-order valence-electron chi connectivity index (χ1n) is 8.19. The Bertz CT molecular complexity index is 686. The van der Waals surface area contributed by atoms with Crippen LogP contribution < -0.4 is 20.1 Å². The second kappa shape index (κ2) is 8.06. The predicted octanol–water partition coefficient (Wildman–Crippen LogP) is 3.34. The molecule has 5 nitrogen and oxygen atoms in total. The lowest BCUT2D eigenvalue weighted by Gasteiger charge is -2.15. The van der Waals surface area contributed by atoms with Crippen LogP contribution in [0.4, 0.5) is 0 Å². The largest absolute Gasteiger partial charge is 0.454 e. The lowest BCUT2D eigenvalue weighted by molar-refractivity contribution is 0.174. The molecule has 0 saturated heterocycles. The average Bonchev–Trinajstić information content (AvgIpc) is 3.27. The van der Waals surface area contributed by atoms with Gasteiger partial charge in [0.05, 0.1) is 6.54 Å². The summed E-state index contributed by atoms with van der Waals surface area (Å²) in [6, 6.07) is 8.12. The van der Waals surface area contributed by atoms with Gasteiger partial charge in [0.15, 0.2) is 17.5 Å². The van der Waals surface area contributed by atoms with Crippen molar-refractivity contribution in [2.75, 3.05) is 19.9 Å². The normalized spacial score (nSPS) is 14.5. The summed E-state index contributed by atoms with van der Waals surface area (Å²) in [6.45, 7) is 6.87. The summed E-state index contributed by atoms with van der Waals surface area (Å²) < 4.78 is 10.7. The third-order valence-electron chi connectivity index (χ3n) is 3.89. The molecular weight excluding hydrogens is 322 g/mol. The van der Waals surface area contributed by atoms with Crippen molar-refractivity contribution in [1.82, 2.24) is 10.6 Å². The van der Waals surface area contributed by atoms with Crippen LogP contribution in [0.3, 0.4) is 0 Å². The molecule has 0 fully saturated rings. The van der Waals surface area contributed by atoms with Gasteiger partial charge in [-0.15, -0.1) is 0 Å². The number of ether oxygens (including phenoxy) is 2. The van der Waals surface area contributed by atoms with Gasteiger partial charge in [0.25, 0.3) is 0 Å². The van der Waals surface area contributed by atoms with Crippen LogP contribution in [0.1, 0.15) is 30.9 Å². The lowest BCUT2D eigenvalue weighted by atomic mass is 10.1. The summed E-state index contributed by atoms with van der Waals surface area (Å²) in [6.07, 6.45) is 0. The molecule has 1 aromatic heterocycles. The molecule has 1 aromatic carbocycles. The van der Waals surface area contributed by atoms with Crippen molar-refractivity contribution in [3.63, 3.8) is 0 Å². The van der Waals surface area contributed by atoms with Crippen molar-refractivity contribution >= 4 is 17.3 Å². The predicted molar refractivity (Wildman–Crippen MR) is 98.1 cm³/mol. The molecule has 0 aliphatic carbocycles. The molecule has 1 aliphatic heterocycles. The maximum absolute atomic E-state index is 5.41. The Morgan fingerprint density at radius 2 is 2.12 bits per heavy atom. The molecule has 0 bridgehead atoms. The highest BCUT2D eigenvalue weighted by atomic mass is 32.1. The first kappa shape index (κ1) is 16.6. The minimum Gasteiger partial charge on any atom is -0.454 e. The number of fused-ring (bicyclic) bond motifs is 1. The highest BCUT2D eigenvalue weighted by molar-refractivity contribution is 7.07. The molecule has 1 atom stereocenters. The van der Waals surface area contributed by atoms with Crippen molar-refractivity contribution in [1.29, 1.82) is 0 Å². The van der Waals surface area contributed by atoms with Gasteiger partial charge in [-0.05, 0) is 52.9 Å². The first-order valence-corrected chi connectivity index (χ1v) is 9.13. The van der Waals surface area contributed by atoms with Gasteiger partial charge >= 0.3 is 0 Å². The highest BCUT2D eigenvalue weighted by Crippen LogP contribution is 2.32. The van der Waals surface area contributed by atoms with Crippen LogP contribution in [0.25, 0.3) is 0 Å². The van der Waals surface area contributed by atoms with Gasteiger partial charge in [-0.1, -0.05) is 13.0 Å². The molecule has 128 valence electrons. The van der Waals surface area contributed by atoms with E-state index < -0.39 is 0 Å². The Hall–Kier alpha value is -2.21. The fourth-order valence-corrected chi connectivity index (χ4v) is 3.26. The summed E-state index contributed by atoms with van der Waals surface area (Å²) in [5.41, 5.74) is 2.46. The molecular formula is C18H23N3O2S. The third-order valence-corrected chi connectivity index (χ3v) is 4.59. The van der Waals surface area contributed by atoms with Gasteiger partial charge in [-0.25, -0.2) is 4.99 Å². The lowest BCUT2D eigenvalue weighted by Crippen LogP contribution is -2.39. The van der Waals surface area contributed by atoms with Gasteiger partial charge < -0.3 is 20.1 Å². The zero-order chi connectivity index (χ0) is 16.8. The Morgan fingerprint density at radius 1 is 1.25 bits per heavy atom. The topological polar surface area (TPSA) is 54.9 Å². The van der Waals surface area contributed by atoms with E-state index in [1.165, 1.54) is 5.56 Å². The van der Waals surface area contributed by atoms with Crippen molar-refractivity contribution < 1.29 is 9.47 Å². The monoisotopic (exact) mass is 345 g/mol. The van der Waals surface area contributed by atoms with Crippen molar-refractivity contribution in [3.8, 4) is 11.5 Å². The Labute approximate surface area is 146 Å². The van der Waals surface area contributed by atoms with Crippen LogP contribution in [-0.2, 0) is 6.54 Å². The van der Waals surface area contributed by atoms with Gasteiger partial charge in [0.1, 0.15) is 0 Å². The molecule has 6 heteroatoms. The number of thiophene rings is 1. The summed E-state index contributed by atoms with van der Waals surface area (Å²) >= 11 is 1.73. The number of nitrogens with one attached hydrogen (secondary N) is 2. The fourth-order valence-electron chi connectivity index (χ4n) is 2.47. The SMILES string of the molecule is CCNC(=NCc1ccc2c(c1)OCO2)NCC(C)c1ccsc1. The fraction of sp³-hybridized carbons (Fsp3) is 0.389. The Balaban J connectivity index is 1.59. The number of benzene rings is 1. The van der Waals surface area contributed by atoms with Gasteiger partial charge in [-0.3, -0.25) is 0 Å². The third kappa shape index (κ3) is 4.20. The molecule has 24 heavy (non-hydrogen) atoms. The van der Waals surface area contributed by atoms with Crippen LogP contribution >= 0.6 is 11.3 Å². The maximum Gasteiger partial charge on any atom is 0.231 e. The molecule has 1 unspecified atom stereocenters. The molecule has 0 amide bonds. The van der Waals surface area contributed by atoms with E-state index in [9.17, 15) is 0 Å². The standard InChI is InChI=1S/C18H23N3O2S/c1-3-19-18(20-9-13(2)15-6-7-24-11-15)21-10-14-4-5-16-17(8-14)23-12-22-16/h4-8,11,13H,3,9-10,12H2,1-2H3,(H2,19,20,21). The smallest absolute Gasteiger partial charge is 0.231 e. The van der Waals surface area contributed by atoms with E-state index in [1.807, 2.05) is 18.2 Å². The van der Waals surface area contributed by atoms with Gasteiger partial charge in [0.2, 0.25) is 6.79 Å². The number of hydrogen-bond acceptors (Lipinski definition) is 4. The van der Waals surface area contributed by atoms with Crippen molar-refractivity contribution in [2.45, 2.75) is 26.3 Å².